The molecule has 0 unspecified atom stereocenters. The van der Waals surface area contributed by atoms with E-state index in [2.05, 4.69) is 14.8 Å². The van der Waals surface area contributed by atoms with Crippen LogP contribution >= 0.6 is 0 Å². The van der Waals surface area contributed by atoms with Crippen molar-refractivity contribution in [3.8, 4) is 11.5 Å². The number of aromatic nitrogens is 1. The zero-order chi connectivity index (χ0) is 28.5. The number of alkyl halides is 2. The predicted molar refractivity (Wildman–Crippen MR) is 137 cm³/mol. The summed E-state index contributed by atoms with van der Waals surface area (Å²) in [6, 6.07) is 8.37. The number of anilines is 1. The maximum absolute atomic E-state index is 15.3. The van der Waals surface area contributed by atoms with Crippen molar-refractivity contribution in [3.63, 3.8) is 0 Å². The lowest BCUT2D eigenvalue weighted by Crippen LogP contribution is -2.46. The summed E-state index contributed by atoms with van der Waals surface area (Å²) < 4.78 is 52.6. The number of nitrogens with one attached hydrogen (secondary N) is 1. The minimum absolute atomic E-state index is 0.119. The fraction of sp³-hybridized carbons (Fsp3) is 0.423. The van der Waals surface area contributed by atoms with Gasteiger partial charge in [0.15, 0.2) is 11.5 Å². The molecule has 4 N–H and O–H groups in total. The molecule has 5 rings (SSSR count). The smallest absolute Gasteiger partial charge is 0.406 e. The van der Waals surface area contributed by atoms with Crippen molar-refractivity contribution in [1.82, 2.24) is 4.57 Å². The summed E-state index contributed by atoms with van der Waals surface area (Å²) in [5, 5.41) is 30.8. The van der Waals surface area contributed by atoms with Gasteiger partial charge in [0, 0.05) is 28.0 Å². The van der Waals surface area contributed by atoms with Crippen LogP contribution in [0.2, 0.25) is 0 Å². The molecule has 202 valence electrons. The van der Waals surface area contributed by atoms with Crippen LogP contribution in [0.25, 0.3) is 10.9 Å². The Kier molecular flexibility index (Phi) is 6.28. The third kappa shape index (κ3) is 4.87. The van der Waals surface area contributed by atoms with E-state index in [0.29, 0.717) is 35.0 Å². The first kappa shape index (κ1) is 27.4. The SMILES string of the molecule is [B]C([B])(O)[C@H](O)Cn1c(C(C)(C)CO)cc2cc(NC(=O)C3(c4ccc5c(c4)OC(F)(F)O5)CC3)c(F)cc21. The van der Waals surface area contributed by atoms with E-state index in [0.717, 1.165) is 6.07 Å². The molecular weight excluding hydrogens is 515 g/mol. The Labute approximate surface area is 224 Å². The second kappa shape index (κ2) is 8.94. The maximum Gasteiger partial charge on any atom is 0.586 e. The van der Waals surface area contributed by atoms with E-state index in [1.165, 1.54) is 28.8 Å². The molecule has 1 atom stereocenters. The van der Waals surface area contributed by atoms with Crippen molar-refractivity contribution in [2.75, 3.05) is 11.9 Å². The fourth-order valence-electron chi connectivity index (χ4n) is 4.80. The van der Waals surface area contributed by atoms with Crippen molar-refractivity contribution in [2.45, 2.75) is 61.9 Å². The topological polar surface area (TPSA) is 113 Å². The minimum atomic E-state index is -3.79. The number of aliphatic hydroxyl groups excluding tert-OH is 2. The number of amides is 1. The van der Waals surface area contributed by atoms with Crippen LogP contribution in [0.5, 0.6) is 11.5 Å². The van der Waals surface area contributed by atoms with Gasteiger partial charge in [-0.3, -0.25) is 4.79 Å². The number of benzene rings is 2. The van der Waals surface area contributed by atoms with Crippen LogP contribution in [0.15, 0.2) is 36.4 Å². The highest BCUT2D eigenvalue weighted by Gasteiger charge is 2.53. The third-order valence-corrected chi connectivity index (χ3v) is 7.35. The number of halogens is 3. The summed E-state index contributed by atoms with van der Waals surface area (Å²) in [7, 11) is 10.9. The highest BCUT2D eigenvalue weighted by Crippen LogP contribution is 2.52. The Morgan fingerprint density at radius 1 is 1.15 bits per heavy atom. The molecular formula is C26H25B2F3N2O6. The largest absolute Gasteiger partial charge is 0.586 e. The van der Waals surface area contributed by atoms with E-state index in [1.807, 2.05) is 0 Å². The van der Waals surface area contributed by atoms with Crippen LogP contribution < -0.4 is 14.8 Å². The number of carbonyl (C=O) groups is 1. The molecule has 8 nitrogen and oxygen atoms in total. The van der Waals surface area contributed by atoms with Gasteiger partial charge in [-0.15, -0.1) is 8.78 Å². The van der Waals surface area contributed by atoms with Gasteiger partial charge < -0.3 is 34.7 Å². The first-order chi connectivity index (χ1) is 18.1. The third-order valence-electron chi connectivity index (χ3n) is 7.35. The van der Waals surface area contributed by atoms with Gasteiger partial charge in [0.2, 0.25) is 5.91 Å². The summed E-state index contributed by atoms with van der Waals surface area (Å²) in [4.78, 5) is 13.3. The number of rotatable bonds is 8. The first-order valence-corrected chi connectivity index (χ1v) is 12.2. The molecule has 3 aromatic rings. The van der Waals surface area contributed by atoms with E-state index < -0.39 is 40.4 Å². The van der Waals surface area contributed by atoms with Gasteiger partial charge in [0.25, 0.3) is 0 Å². The van der Waals surface area contributed by atoms with Crippen molar-refractivity contribution in [3.05, 3.63) is 53.5 Å². The number of ether oxygens (including phenoxy) is 2. The van der Waals surface area contributed by atoms with Gasteiger partial charge in [-0.1, -0.05) is 19.9 Å². The van der Waals surface area contributed by atoms with Gasteiger partial charge in [0.1, 0.15) is 21.5 Å². The lowest BCUT2D eigenvalue weighted by molar-refractivity contribution is -0.286. The second-order valence-electron chi connectivity index (χ2n) is 10.8. The molecule has 1 aliphatic carbocycles. The van der Waals surface area contributed by atoms with Gasteiger partial charge in [0.05, 0.1) is 35.9 Å². The number of hydrogen-bond acceptors (Lipinski definition) is 6. The number of carbonyl (C=O) groups excluding carboxylic acids is 1. The summed E-state index contributed by atoms with van der Waals surface area (Å²) in [6.45, 7) is 2.88. The fourth-order valence-corrected chi connectivity index (χ4v) is 4.80. The van der Waals surface area contributed by atoms with Crippen LogP contribution in [0, 0.1) is 5.82 Å². The average Bonchev–Trinajstić information content (AvgIpc) is 3.49. The number of aliphatic hydroxyl groups is 3. The van der Waals surface area contributed by atoms with Crippen LogP contribution in [0.4, 0.5) is 18.9 Å². The predicted octanol–water partition coefficient (Wildman–Crippen LogP) is 2.39. The highest BCUT2D eigenvalue weighted by atomic mass is 19.3. The molecule has 1 aromatic heterocycles. The van der Waals surface area contributed by atoms with Gasteiger partial charge in [-0.25, -0.2) is 4.39 Å². The summed E-state index contributed by atoms with van der Waals surface area (Å²) in [6.07, 6.45) is -4.58. The molecule has 0 saturated heterocycles. The zero-order valence-electron chi connectivity index (χ0n) is 21.2. The molecule has 2 aromatic carbocycles. The molecule has 2 heterocycles. The van der Waals surface area contributed by atoms with Crippen molar-refractivity contribution in [1.29, 1.82) is 0 Å². The second-order valence-corrected chi connectivity index (χ2v) is 10.8. The standard InChI is InChI=1S/C26H25B2F3N2O6/c1-23(2,12-34)20-8-13-7-16(15(29)10-17(13)33(20)11-21(35)25(27,28)37)32-22(36)24(5-6-24)14-3-4-18-19(9-14)39-26(30,31)38-18/h3-4,7-10,21,34-35,37H,5-6,11-12H2,1-2H3,(H,32,36)/t21-/m1/s1. The van der Waals surface area contributed by atoms with E-state index in [9.17, 15) is 28.9 Å². The highest BCUT2D eigenvalue weighted by molar-refractivity contribution is 6.39. The summed E-state index contributed by atoms with van der Waals surface area (Å²) in [5.41, 5.74) is -0.764. The monoisotopic (exact) mass is 540 g/mol. The van der Waals surface area contributed by atoms with Crippen LogP contribution in [0.1, 0.15) is 37.9 Å². The van der Waals surface area contributed by atoms with Crippen molar-refractivity contribution < 1.29 is 42.8 Å². The van der Waals surface area contributed by atoms with Crippen molar-refractivity contribution >= 4 is 38.2 Å². The van der Waals surface area contributed by atoms with Crippen LogP contribution in [-0.4, -0.2) is 65.9 Å². The normalized spacial score (nSPS) is 18.3. The van der Waals surface area contributed by atoms with Crippen LogP contribution in [0.3, 0.4) is 0 Å². The van der Waals surface area contributed by atoms with E-state index in [-0.39, 0.29) is 30.3 Å². The van der Waals surface area contributed by atoms with Crippen molar-refractivity contribution in [2.24, 2.45) is 0 Å². The molecule has 39 heavy (non-hydrogen) atoms. The Morgan fingerprint density at radius 3 is 2.44 bits per heavy atom. The molecule has 1 saturated carbocycles. The Morgan fingerprint density at radius 2 is 1.82 bits per heavy atom. The van der Waals surface area contributed by atoms with Crippen LogP contribution in [-0.2, 0) is 22.2 Å². The Balaban J connectivity index is 1.47. The molecule has 4 radical (unpaired) electrons. The average molecular weight is 540 g/mol. The molecule has 1 aliphatic heterocycles. The Bertz CT molecular complexity index is 1470. The van der Waals surface area contributed by atoms with Gasteiger partial charge in [-0.2, -0.15) is 0 Å². The molecule has 13 heteroatoms. The molecule has 1 amide bonds. The zero-order valence-corrected chi connectivity index (χ0v) is 21.2. The summed E-state index contributed by atoms with van der Waals surface area (Å²) >= 11 is 0. The number of nitrogens with zero attached hydrogens (tertiary/aromatic N) is 1. The van der Waals surface area contributed by atoms with E-state index in [1.54, 1.807) is 19.9 Å². The van der Waals surface area contributed by atoms with Gasteiger partial charge in [-0.05, 0) is 42.7 Å². The van der Waals surface area contributed by atoms with E-state index in [4.69, 9.17) is 15.7 Å². The number of hydrogen-bond donors (Lipinski definition) is 4. The minimum Gasteiger partial charge on any atom is -0.406 e. The summed E-state index contributed by atoms with van der Waals surface area (Å²) in [5.74, 6) is -1.63. The lowest BCUT2D eigenvalue weighted by Gasteiger charge is -2.30. The molecule has 1 fully saturated rings. The molecule has 2 aliphatic rings. The van der Waals surface area contributed by atoms with E-state index >= 15 is 4.39 Å². The molecule has 0 spiro atoms. The number of fused-ring (bicyclic) bond motifs is 2. The maximum atomic E-state index is 15.3. The quantitative estimate of drug-likeness (QED) is 0.327. The van der Waals surface area contributed by atoms with Gasteiger partial charge >= 0.3 is 6.29 Å². The lowest BCUT2D eigenvalue weighted by atomic mass is 9.62. The first-order valence-electron chi connectivity index (χ1n) is 12.2. The molecule has 0 bridgehead atoms. The Hall–Kier alpha value is -3.15.